The summed E-state index contributed by atoms with van der Waals surface area (Å²) in [5, 5.41) is 8.47. The van der Waals surface area contributed by atoms with E-state index in [2.05, 4.69) is 34.5 Å². The zero-order valence-corrected chi connectivity index (χ0v) is 17.9. The van der Waals surface area contributed by atoms with Crippen LogP contribution in [0.25, 0.3) is 16.3 Å². The first kappa shape index (κ1) is 21.6. The Hall–Kier alpha value is -2.73. The van der Waals surface area contributed by atoms with Crippen LogP contribution in [-0.2, 0) is 0 Å². The molecule has 148 valence electrons. The molecule has 0 radical (unpaired) electrons. The first-order valence-corrected chi connectivity index (χ1v) is 10.1. The van der Waals surface area contributed by atoms with Gasteiger partial charge < -0.3 is 15.6 Å². The van der Waals surface area contributed by atoms with Gasteiger partial charge in [0.2, 0.25) is 5.82 Å². The number of allylic oxidation sites excluding steroid dienone is 5. The van der Waals surface area contributed by atoms with Crippen LogP contribution in [0.4, 0.5) is 0 Å². The molecule has 0 aliphatic rings. The molecular weight excluding hydrogens is 368 g/mol. The number of nitrogens with zero attached hydrogens (tertiary/aromatic N) is 2. The standard InChI is InChI=1S/C22H28N4OS/c1-6-9-13-18(7-2)24-19(8-3)28-20(16(5)23)22-25-21(26-27-22)17-12-10-11-15(4)14-17/h7-14,24H,6,23H2,1-5H3/b13-9-,18-7+,19-8-,20-16+. The minimum atomic E-state index is 0.411. The van der Waals surface area contributed by atoms with Crippen molar-refractivity contribution in [2.24, 2.45) is 5.73 Å². The summed E-state index contributed by atoms with van der Waals surface area (Å²) in [6.45, 7) is 9.94. The maximum absolute atomic E-state index is 6.13. The van der Waals surface area contributed by atoms with Crippen LogP contribution in [0.2, 0.25) is 0 Å². The average molecular weight is 397 g/mol. The second-order valence-corrected chi connectivity index (χ2v) is 7.29. The van der Waals surface area contributed by atoms with E-state index >= 15 is 0 Å². The van der Waals surface area contributed by atoms with Crippen LogP contribution in [0.5, 0.6) is 0 Å². The zero-order chi connectivity index (χ0) is 20.5. The van der Waals surface area contributed by atoms with Gasteiger partial charge in [-0.1, -0.05) is 65.8 Å². The van der Waals surface area contributed by atoms with Crippen LogP contribution < -0.4 is 11.1 Å². The third kappa shape index (κ3) is 5.89. The second kappa shape index (κ2) is 10.6. The molecule has 1 aromatic heterocycles. The molecule has 2 aromatic rings. The van der Waals surface area contributed by atoms with E-state index in [1.807, 2.05) is 64.1 Å². The molecule has 1 heterocycles. The molecule has 0 unspecified atom stereocenters. The van der Waals surface area contributed by atoms with Crippen LogP contribution in [0.3, 0.4) is 0 Å². The molecule has 6 heteroatoms. The molecule has 28 heavy (non-hydrogen) atoms. The SMILES string of the molecule is C/C=C(/NC(/C=C\CC)=C/C)S/C(=C(\C)N)c1nc(-c2cccc(C)c2)no1. The predicted octanol–water partition coefficient (Wildman–Crippen LogP) is 5.75. The van der Waals surface area contributed by atoms with Crippen molar-refractivity contribution < 1.29 is 4.52 Å². The van der Waals surface area contributed by atoms with E-state index in [1.54, 1.807) is 0 Å². The van der Waals surface area contributed by atoms with E-state index in [4.69, 9.17) is 10.3 Å². The van der Waals surface area contributed by atoms with Gasteiger partial charge in [-0.3, -0.25) is 0 Å². The summed E-state index contributed by atoms with van der Waals surface area (Å²) < 4.78 is 5.52. The summed E-state index contributed by atoms with van der Waals surface area (Å²) in [4.78, 5) is 5.30. The van der Waals surface area contributed by atoms with Gasteiger partial charge in [0.05, 0.1) is 9.93 Å². The maximum atomic E-state index is 6.13. The molecule has 0 bridgehead atoms. The molecule has 0 aliphatic heterocycles. The highest BCUT2D eigenvalue weighted by Gasteiger charge is 2.17. The lowest BCUT2D eigenvalue weighted by Crippen LogP contribution is -2.09. The van der Waals surface area contributed by atoms with Crippen molar-refractivity contribution in [3.05, 3.63) is 76.4 Å². The van der Waals surface area contributed by atoms with E-state index in [0.29, 0.717) is 17.4 Å². The molecule has 0 atom stereocenters. The van der Waals surface area contributed by atoms with Gasteiger partial charge in [-0.25, -0.2) is 0 Å². The lowest BCUT2D eigenvalue weighted by atomic mass is 10.1. The Bertz CT molecular complexity index is 918. The summed E-state index contributed by atoms with van der Waals surface area (Å²) in [5.74, 6) is 0.960. The van der Waals surface area contributed by atoms with Gasteiger partial charge in [-0.15, -0.1) is 0 Å². The molecule has 0 aliphatic carbocycles. The van der Waals surface area contributed by atoms with Crippen molar-refractivity contribution in [3.63, 3.8) is 0 Å². The average Bonchev–Trinajstić information content (AvgIpc) is 3.17. The number of hydrogen-bond donors (Lipinski definition) is 2. The Labute approximate surface area is 171 Å². The molecule has 0 fully saturated rings. The fourth-order valence-electron chi connectivity index (χ4n) is 2.37. The third-order valence-electron chi connectivity index (χ3n) is 3.84. The first-order chi connectivity index (χ1) is 13.5. The molecule has 0 amide bonds. The van der Waals surface area contributed by atoms with Crippen molar-refractivity contribution >= 4 is 16.7 Å². The number of aromatic nitrogens is 2. The largest absolute Gasteiger partial charge is 0.401 e. The molecule has 2 rings (SSSR count). The van der Waals surface area contributed by atoms with Gasteiger partial charge in [0.1, 0.15) is 0 Å². The number of nitrogens with two attached hydrogens (primary N) is 1. The van der Waals surface area contributed by atoms with E-state index < -0.39 is 0 Å². The molecule has 0 saturated carbocycles. The topological polar surface area (TPSA) is 77.0 Å². The van der Waals surface area contributed by atoms with E-state index in [1.165, 1.54) is 11.8 Å². The number of nitrogens with one attached hydrogen (secondary N) is 1. The second-order valence-electron chi connectivity index (χ2n) is 6.24. The normalized spacial score (nSPS) is 13.8. The number of aryl methyl sites for hydroxylation is 1. The minimum absolute atomic E-state index is 0.411. The highest BCUT2D eigenvalue weighted by atomic mass is 32.2. The van der Waals surface area contributed by atoms with Crippen LogP contribution in [0.1, 0.15) is 45.6 Å². The van der Waals surface area contributed by atoms with E-state index in [-0.39, 0.29) is 0 Å². The van der Waals surface area contributed by atoms with Crippen molar-refractivity contribution in [2.45, 2.75) is 41.0 Å². The Kier molecular flexibility index (Phi) is 8.14. The summed E-state index contributed by atoms with van der Waals surface area (Å²) in [6.07, 6.45) is 9.17. The van der Waals surface area contributed by atoms with Gasteiger partial charge in [0.15, 0.2) is 0 Å². The smallest absolute Gasteiger partial charge is 0.266 e. The van der Waals surface area contributed by atoms with Crippen LogP contribution in [-0.4, -0.2) is 10.1 Å². The molecule has 0 saturated heterocycles. The Balaban J connectivity index is 2.25. The van der Waals surface area contributed by atoms with Crippen molar-refractivity contribution in [1.29, 1.82) is 0 Å². The summed E-state index contributed by atoms with van der Waals surface area (Å²) in [7, 11) is 0. The molecule has 1 aromatic carbocycles. The van der Waals surface area contributed by atoms with Gasteiger partial charge in [0.25, 0.3) is 5.89 Å². The number of hydrogen-bond acceptors (Lipinski definition) is 6. The third-order valence-corrected chi connectivity index (χ3v) is 5.10. The Morgan fingerprint density at radius 3 is 2.68 bits per heavy atom. The summed E-state index contributed by atoms with van der Waals surface area (Å²) in [6, 6.07) is 8.00. The van der Waals surface area contributed by atoms with Crippen molar-refractivity contribution in [2.75, 3.05) is 0 Å². The number of thioether (sulfide) groups is 1. The van der Waals surface area contributed by atoms with Crippen LogP contribution in [0.15, 0.2) is 69.5 Å². The van der Waals surface area contributed by atoms with Crippen molar-refractivity contribution in [1.82, 2.24) is 15.5 Å². The summed E-state index contributed by atoms with van der Waals surface area (Å²) in [5.41, 5.74) is 9.83. The van der Waals surface area contributed by atoms with Gasteiger partial charge in [-0.05, 0) is 46.3 Å². The fraction of sp³-hybridized carbons (Fsp3) is 0.273. The Morgan fingerprint density at radius 2 is 2.07 bits per heavy atom. The monoisotopic (exact) mass is 396 g/mol. The quantitative estimate of drug-likeness (QED) is 0.554. The highest BCUT2D eigenvalue weighted by Crippen LogP contribution is 2.34. The minimum Gasteiger partial charge on any atom is -0.401 e. The van der Waals surface area contributed by atoms with E-state index in [9.17, 15) is 0 Å². The van der Waals surface area contributed by atoms with Gasteiger partial charge in [-0.2, -0.15) is 4.98 Å². The molecule has 0 spiro atoms. The molecule has 3 N–H and O–H groups in total. The van der Waals surface area contributed by atoms with Crippen molar-refractivity contribution in [3.8, 4) is 11.4 Å². The van der Waals surface area contributed by atoms with Gasteiger partial charge >= 0.3 is 0 Å². The first-order valence-electron chi connectivity index (χ1n) is 9.30. The van der Waals surface area contributed by atoms with E-state index in [0.717, 1.165) is 33.2 Å². The van der Waals surface area contributed by atoms with Crippen LogP contribution >= 0.6 is 11.8 Å². The summed E-state index contributed by atoms with van der Waals surface area (Å²) >= 11 is 1.47. The van der Waals surface area contributed by atoms with Gasteiger partial charge in [0, 0.05) is 17.0 Å². The highest BCUT2D eigenvalue weighted by molar-refractivity contribution is 8.11. The Morgan fingerprint density at radius 1 is 1.29 bits per heavy atom. The lowest BCUT2D eigenvalue weighted by molar-refractivity contribution is 0.410. The zero-order valence-electron chi connectivity index (χ0n) is 17.1. The molecule has 5 nitrogen and oxygen atoms in total. The van der Waals surface area contributed by atoms with Crippen LogP contribution in [0, 0.1) is 6.92 Å². The number of rotatable bonds is 8. The lowest BCUT2D eigenvalue weighted by Gasteiger charge is -2.12. The molecular formula is C22H28N4OS. The maximum Gasteiger partial charge on any atom is 0.266 e. The predicted molar refractivity (Wildman–Crippen MR) is 119 cm³/mol. The number of benzene rings is 1. The fourth-order valence-corrected chi connectivity index (χ4v) is 3.21.